The lowest BCUT2D eigenvalue weighted by atomic mass is 9.89. The Hall–Kier alpha value is -2.28. The van der Waals surface area contributed by atoms with Gasteiger partial charge in [0.25, 0.3) is 5.91 Å². The molecule has 0 aliphatic carbocycles. The van der Waals surface area contributed by atoms with Crippen molar-refractivity contribution in [1.82, 2.24) is 5.32 Å². The van der Waals surface area contributed by atoms with Crippen LogP contribution in [0.4, 0.5) is 0 Å². The molecule has 1 heterocycles. The van der Waals surface area contributed by atoms with Gasteiger partial charge in [-0.3, -0.25) is 4.79 Å². The zero-order valence-electron chi connectivity index (χ0n) is 10.6. The fourth-order valence-corrected chi connectivity index (χ4v) is 2.07. The van der Waals surface area contributed by atoms with Crippen molar-refractivity contribution in [3.05, 3.63) is 23.8 Å². The van der Waals surface area contributed by atoms with Crippen molar-refractivity contribution >= 4 is 11.9 Å². The second kappa shape index (κ2) is 5.38. The van der Waals surface area contributed by atoms with Crippen molar-refractivity contribution < 1.29 is 29.6 Å². The molecular weight excluding hydrogens is 266 g/mol. The zero-order valence-corrected chi connectivity index (χ0v) is 10.6. The highest BCUT2D eigenvalue weighted by Crippen LogP contribution is 2.26. The number of nitrogens with one attached hydrogen (secondary N) is 1. The number of phenols is 2. The van der Waals surface area contributed by atoms with Crippen LogP contribution in [0, 0.1) is 0 Å². The van der Waals surface area contributed by atoms with Gasteiger partial charge in [-0.15, -0.1) is 0 Å². The Morgan fingerprint density at radius 2 is 1.80 bits per heavy atom. The molecule has 2 rings (SSSR count). The summed E-state index contributed by atoms with van der Waals surface area (Å²) in [5.74, 6) is -2.52. The number of carbonyl (C=O) groups excluding carboxylic acids is 1. The Kier molecular flexibility index (Phi) is 3.80. The second-order valence-corrected chi connectivity index (χ2v) is 4.66. The minimum absolute atomic E-state index is 0.0763. The van der Waals surface area contributed by atoms with Crippen LogP contribution in [0.1, 0.15) is 23.2 Å². The molecule has 0 saturated carbocycles. The molecule has 0 bridgehead atoms. The van der Waals surface area contributed by atoms with Crippen molar-refractivity contribution in [1.29, 1.82) is 0 Å². The summed E-state index contributed by atoms with van der Waals surface area (Å²) in [6.07, 6.45) is 0.357. The van der Waals surface area contributed by atoms with E-state index in [0.717, 1.165) is 6.07 Å². The summed E-state index contributed by atoms with van der Waals surface area (Å²) in [4.78, 5) is 23.5. The van der Waals surface area contributed by atoms with E-state index in [9.17, 15) is 24.9 Å². The van der Waals surface area contributed by atoms with Crippen molar-refractivity contribution in [2.45, 2.75) is 18.4 Å². The van der Waals surface area contributed by atoms with Crippen LogP contribution in [-0.4, -0.2) is 45.9 Å². The molecule has 1 amide bonds. The molecule has 7 nitrogen and oxygen atoms in total. The lowest BCUT2D eigenvalue weighted by Crippen LogP contribution is -2.57. The number of aliphatic carboxylic acids is 1. The number of ether oxygens (including phenoxy) is 1. The third-order valence-electron chi connectivity index (χ3n) is 3.35. The maximum absolute atomic E-state index is 12.1. The molecular formula is C13H15NO6. The number of aromatic hydroxyl groups is 2. The lowest BCUT2D eigenvalue weighted by molar-refractivity contribution is -0.148. The first-order valence-electron chi connectivity index (χ1n) is 6.10. The first-order chi connectivity index (χ1) is 9.44. The summed E-state index contributed by atoms with van der Waals surface area (Å²) in [6, 6.07) is 3.56. The molecule has 0 aromatic heterocycles. The molecule has 4 N–H and O–H groups in total. The average Bonchev–Trinajstić information content (AvgIpc) is 2.42. The third kappa shape index (κ3) is 2.67. The number of hydrogen-bond acceptors (Lipinski definition) is 5. The molecule has 0 radical (unpaired) electrons. The van der Waals surface area contributed by atoms with Crippen molar-refractivity contribution in [2.24, 2.45) is 0 Å². The zero-order chi connectivity index (χ0) is 14.8. The van der Waals surface area contributed by atoms with Crippen LogP contribution >= 0.6 is 0 Å². The van der Waals surface area contributed by atoms with E-state index in [2.05, 4.69) is 5.32 Å². The Morgan fingerprint density at radius 3 is 2.35 bits per heavy atom. The van der Waals surface area contributed by atoms with E-state index in [1.807, 2.05) is 0 Å². The fraction of sp³-hybridized carbons (Fsp3) is 0.385. The maximum Gasteiger partial charge on any atom is 0.329 e. The van der Waals surface area contributed by atoms with E-state index in [0.29, 0.717) is 0 Å². The Balaban J connectivity index is 2.20. The van der Waals surface area contributed by atoms with Gasteiger partial charge < -0.3 is 25.4 Å². The van der Waals surface area contributed by atoms with Gasteiger partial charge in [-0.25, -0.2) is 4.79 Å². The van der Waals surface area contributed by atoms with Gasteiger partial charge in [0, 0.05) is 31.6 Å². The van der Waals surface area contributed by atoms with Crippen molar-refractivity contribution in [2.75, 3.05) is 13.2 Å². The highest BCUT2D eigenvalue weighted by Gasteiger charge is 2.41. The van der Waals surface area contributed by atoms with Gasteiger partial charge in [0.2, 0.25) is 0 Å². The first kappa shape index (κ1) is 14.1. The van der Waals surface area contributed by atoms with E-state index >= 15 is 0 Å². The predicted octanol–water partition coefficient (Wildman–Crippen LogP) is 0.461. The van der Waals surface area contributed by atoms with E-state index in [1.54, 1.807) is 0 Å². The number of benzene rings is 1. The van der Waals surface area contributed by atoms with Gasteiger partial charge in [0.1, 0.15) is 5.54 Å². The quantitative estimate of drug-likeness (QED) is 0.598. The number of carboxylic acid groups (broad SMARTS) is 1. The van der Waals surface area contributed by atoms with Crippen LogP contribution in [-0.2, 0) is 9.53 Å². The van der Waals surface area contributed by atoms with Gasteiger partial charge in [-0.1, -0.05) is 0 Å². The normalized spacial score (nSPS) is 17.4. The SMILES string of the molecule is O=C(NC1(C(=O)O)CCOCC1)c1ccc(O)c(O)c1. The minimum Gasteiger partial charge on any atom is -0.504 e. The monoisotopic (exact) mass is 281 g/mol. The van der Waals surface area contributed by atoms with Crippen LogP contribution < -0.4 is 5.32 Å². The largest absolute Gasteiger partial charge is 0.504 e. The van der Waals surface area contributed by atoms with E-state index in [4.69, 9.17) is 4.74 Å². The van der Waals surface area contributed by atoms with Crippen LogP contribution in [0.2, 0.25) is 0 Å². The minimum atomic E-state index is -1.36. The third-order valence-corrected chi connectivity index (χ3v) is 3.35. The molecule has 1 aromatic carbocycles. The average molecular weight is 281 g/mol. The van der Waals surface area contributed by atoms with Crippen LogP contribution in [0.25, 0.3) is 0 Å². The molecule has 0 spiro atoms. The molecule has 1 fully saturated rings. The molecule has 1 aromatic rings. The number of hydrogen-bond donors (Lipinski definition) is 4. The Morgan fingerprint density at radius 1 is 1.15 bits per heavy atom. The molecule has 0 unspecified atom stereocenters. The summed E-state index contributed by atoms with van der Waals surface area (Å²) in [5, 5.41) is 30.4. The Labute approximate surface area is 114 Å². The number of amides is 1. The summed E-state index contributed by atoms with van der Waals surface area (Å²) in [5.41, 5.74) is -1.28. The van der Waals surface area contributed by atoms with E-state index in [1.165, 1.54) is 12.1 Å². The van der Waals surface area contributed by atoms with Gasteiger partial charge >= 0.3 is 5.97 Å². The van der Waals surface area contributed by atoms with E-state index < -0.39 is 23.2 Å². The highest BCUT2D eigenvalue weighted by atomic mass is 16.5. The Bertz CT molecular complexity index is 536. The molecule has 1 saturated heterocycles. The molecule has 20 heavy (non-hydrogen) atoms. The van der Waals surface area contributed by atoms with Gasteiger partial charge in [0.15, 0.2) is 11.5 Å². The smallest absolute Gasteiger partial charge is 0.329 e. The predicted molar refractivity (Wildman–Crippen MR) is 67.7 cm³/mol. The molecule has 0 atom stereocenters. The maximum atomic E-state index is 12.1. The number of carbonyl (C=O) groups is 2. The molecule has 1 aliphatic rings. The molecule has 1 aliphatic heterocycles. The van der Waals surface area contributed by atoms with Crippen LogP contribution in [0.5, 0.6) is 11.5 Å². The van der Waals surface area contributed by atoms with E-state index in [-0.39, 0.29) is 37.4 Å². The van der Waals surface area contributed by atoms with Crippen LogP contribution in [0.15, 0.2) is 18.2 Å². The summed E-state index contributed by atoms with van der Waals surface area (Å²) < 4.78 is 5.11. The van der Waals surface area contributed by atoms with Crippen molar-refractivity contribution in [3.63, 3.8) is 0 Å². The molecule has 7 heteroatoms. The first-order valence-corrected chi connectivity index (χ1v) is 6.10. The summed E-state index contributed by atoms with van der Waals surface area (Å²) >= 11 is 0. The van der Waals surface area contributed by atoms with Gasteiger partial charge in [0.05, 0.1) is 0 Å². The lowest BCUT2D eigenvalue weighted by Gasteiger charge is -2.33. The topological polar surface area (TPSA) is 116 Å². The number of rotatable bonds is 3. The van der Waals surface area contributed by atoms with Crippen LogP contribution in [0.3, 0.4) is 0 Å². The summed E-state index contributed by atoms with van der Waals surface area (Å²) in [6.45, 7) is 0.515. The number of carboxylic acids is 1. The highest BCUT2D eigenvalue weighted by molar-refractivity contribution is 5.98. The van der Waals surface area contributed by atoms with Crippen molar-refractivity contribution in [3.8, 4) is 11.5 Å². The number of phenolic OH excluding ortho intramolecular Hbond substituents is 2. The van der Waals surface area contributed by atoms with Gasteiger partial charge in [-0.05, 0) is 18.2 Å². The van der Waals surface area contributed by atoms with Gasteiger partial charge in [-0.2, -0.15) is 0 Å². The molecule has 108 valence electrons. The fourth-order valence-electron chi connectivity index (χ4n) is 2.07. The second-order valence-electron chi connectivity index (χ2n) is 4.66. The standard InChI is InChI=1S/C13H15NO6/c15-9-2-1-8(7-10(9)16)11(17)14-13(12(18)19)3-5-20-6-4-13/h1-2,7,15-16H,3-6H2,(H,14,17)(H,18,19). The summed E-state index contributed by atoms with van der Waals surface area (Å²) in [7, 11) is 0.